The SMILES string of the molecule is Cc1nc2cc(CO)ccc2cc1N1CCC(=O)NC1=O. The van der Waals surface area contributed by atoms with E-state index in [1.54, 1.807) is 0 Å². The van der Waals surface area contributed by atoms with Gasteiger partial charge in [-0.25, -0.2) is 4.79 Å². The van der Waals surface area contributed by atoms with Crippen molar-refractivity contribution in [2.24, 2.45) is 0 Å². The number of hydrogen-bond acceptors (Lipinski definition) is 4. The van der Waals surface area contributed by atoms with Crippen LogP contribution in [-0.4, -0.2) is 28.6 Å². The van der Waals surface area contributed by atoms with Crippen LogP contribution < -0.4 is 10.2 Å². The standard InChI is InChI=1S/C15H15N3O3/c1-9-13(18-5-4-14(20)17-15(18)21)7-11-3-2-10(8-19)6-12(11)16-9/h2-3,6-7,19H,4-5,8H2,1H3,(H,17,20,21). The molecule has 2 heterocycles. The van der Waals surface area contributed by atoms with Gasteiger partial charge < -0.3 is 5.11 Å². The number of imide groups is 1. The minimum absolute atomic E-state index is 0.0327. The molecule has 2 aromatic rings. The number of urea groups is 1. The highest BCUT2D eigenvalue weighted by atomic mass is 16.3. The third-order valence-corrected chi connectivity index (χ3v) is 3.57. The molecule has 0 radical (unpaired) electrons. The number of benzene rings is 1. The van der Waals surface area contributed by atoms with Crippen molar-refractivity contribution in [3.8, 4) is 0 Å². The number of nitrogens with one attached hydrogen (secondary N) is 1. The molecule has 0 aliphatic carbocycles. The number of aliphatic hydroxyl groups excluding tert-OH is 1. The van der Waals surface area contributed by atoms with Gasteiger partial charge in [0, 0.05) is 18.4 Å². The summed E-state index contributed by atoms with van der Waals surface area (Å²) in [6.45, 7) is 2.15. The summed E-state index contributed by atoms with van der Waals surface area (Å²) >= 11 is 0. The van der Waals surface area contributed by atoms with Crippen LogP contribution in [0.5, 0.6) is 0 Å². The van der Waals surface area contributed by atoms with Gasteiger partial charge in [0.25, 0.3) is 0 Å². The van der Waals surface area contributed by atoms with Gasteiger partial charge in [-0.05, 0) is 24.6 Å². The number of fused-ring (bicyclic) bond motifs is 1. The molecule has 1 aliphatic rings. The number of anilines is 1. The van der Waals surface area contributed by atoms with Crippen molar-refractivity contribution < 1.29 is 14.7 Å². The van der Waals surface area contributed by atoms with Crippen LogP contribution in [0.4, 0.5) is 10.5 Å². The normalized spacial score (nSPS) is 15.4. The second-order valence-electron chi connectivity index (χ2n) is 5.03. The lowest BCUT2D eigenvalue weighted by Gasteiger charge is -2.27. The van der Waals surface area contributed by atoms with Crippen molar-refractivity contribution in [2.45, 2.75) is 20.0 Å². The Morgan fingerprint density at radius 1 is 1.33 bits per heavy atom. The Bertz CT molecular complexity index is 742. The quantitative estimate of drug-likeness (QED) is 0.875. The minimum Gasteiger partial charge on any atom is -0.392 e. The molecule has 6 nitrogen and oxygen atoms in total. The van der Waals surface area contributed by atoms with Gasteiger partial charge in [-0.2, -0.15) is 0 Å². The van der Waals surface area contributed by atoms with Crippen molar-refractivity contribution in [3.63, 3.8) is 0 Å². The highest BCUT2D eigenvalue weighted by molar-refractivity contribution is 6.06. The Labute approximate surface area is 121 Å². The lowest BCUT2D eigenvalue weighted by molar-refractivity contribution is -0.120. The highest BCUT2D eigenvalue weighted by Crippen LogP contribution is 2.26. The zero-order valence-electron chi connectivity index (χ0n) is 11.6. The van der Waals surface area contributed by atoms with Crippen LogP contribution in [0.3, 0.4) is 0 Å². The van der Waals surface area contributed by atoms with E-state index in [9.17, 15) is 9.59 Å². The lowest BCUT2D eigenvalue weighted by atomic mass is 10.1. The van der Waals surface area contributed by atoms with Crippen molar-refractivity contribution >= 4 is 28.5 Å². The molecule has 3 rings (SSSR count). The zero-order chi connectivity index (χ0) is 15.0. The minimum atomic E-state index is -0.414. The molecule has 0 bridgehead atoms. The van der Waals surface area contributed by atoms with E-state index in [0.29, 0.717) is 17.9 Å². The summed E-state index contributed by atoms with van der Waals surface area (Å²) in [7, 11) is 0. The summed E-state index contributed by atoms with van der Waals surface area (Å²) in [5, 5.41) is 12.4. The average Bonchev–Trinajstić information content (AvgIpc) is 2.46. The molecule has 0 saturated carbocycles. The van der Waals surface area contributed by atoms with E-state index in [4.69, 9.17) is 5.11 Å². The van der Waals surface area contributed by atoms with Crippen LogP contribution in [-0.2, 0) is 11.4 Å². The number of carbonyl (C=O) groups is 2. The molecule has 1 saturated heterocycles. The monoisotopic (exact) mass is 285 g/mol. The Balaban J connectivity index is 2.05. The van der Waals surface area contributed by atoms with E-state index in [1.165, 1.54) is 4.90 Å². The largest absolute Gasteiger partial charge is 0.392 e. The number of amides is 3. The first-order chi connectivity index (χ1) is 10.1. The van der Waals surface area contributed by atoms with Crippen molar-refractivity contribution in [3.05, 3.63) is 35.5 Å². The molecule has 0 spiro atoms. The molecule has 108 valence electrons. The maximum absolute atomic E-state index is 11.9. The van der Waals surface area contributed by atoms with Gasteiger partial charge in [-0.3, -0.25) is 20.0 Å². The summed E-state index contributed by atoms with van der Waals surface area (Å²) in [4.78, 5) is 29.2. The Hall–Kier alpha value is -2.47. The fraction of sp³-hybridized carbons (Fsp3) is 0.267. The van der Waals surface area contributed by atoms with Crippen LogP contribution in [0.25, 0.3) is 10.9 Å². The molecule has 2 N–H and O–H groups in total. The molecule has 0 atom stereocenters. The van der Waals surface area contributed by atoms with Crippen LogP contribution in [0.2, 0.25) is 0 Å². The van der Waals surface area contributed by atoms with Crippen molar-refractivity contribution in [1.29, 1.82) is 0 Å². The molecule has 21 heavy (non-hydrogen) atoms. The maximum Gasteiger partial charge on any atom is 0.328 e. The number of nitrogens with zero attached hydrogens (tertiary/aromatic N) is 2. The summed E-state index contributed by atoms with van der Waals surface area (Å²) in [6, 6.07) is 6.98. The predicted molar refractivity (Wildman–Crippen MR) is 77.9 cm³/mol. The molecule has 1 aromatic carbocycles. The Morgan fingerprint density at radius 2 is 2.14 bits per heavy atom. The van der Waals surface area contributed by atoms with Gasteiger partial charge in [0.2, 0.25) is 5.91 Å². The molecule has 0 unspecified atom stereocenters. The zero-order valence-corrected chi connectivity index (χ0v) is 11.6. The van der Waals surface area contributed by atoms with Crippen LogP contribution in [0.15, 0.2) is 24.3 Å². The fourth-order valence-corrected chi connectivity index (χ4v) is 2.46. The number of carbonyl (C=O) groups excluding carboxylic acids is 2. The predicted octanol–water partition coefficient (Wildman–Crippen LogP) is 1.48. The number of aryl methyl sites for hydroxylation is 1. The summed E-state index contributed by atoms with van der Waals surface area (Å²) < 4.78 is 0. The van der Waals surface area contributed by atoms with Gasteiger partial charge in [0.1, 0.15) is 0 Å². The van der Waals surface area contributed by atoms with E-state index in [2.05, 4.69) is 10.3 Å². The van der Waals surface area contributed by atoms with E-state index in [-0.39, 0.29) is 18.9 Å². The van der Waals surface area contributed by atoms with Crippen LogP contribution >= 0.6 is 0 Å². The Morgan fingerprint density at radius 3 is 2.86 bits per heavy atom. The van der Waals surface area contributed by atoms with Crippen LogP contribution in [0, 0.1) is 6.92 Å². The lowest BCUT2D eigenvalue weighted by Crippen LogP contribution is -2.49. The second-order valence-corrected chi connectivity index (χ2v) is 5.03. The smallest absolute Gasteiger partial charge is 0.328 e. The summed E-state index contributed by atoms with van der Waals surface area (Å²) in [5.41, 5.74) is 2.98. The molecular weight excluding hydrogens is 270 g/mol. The molecule has 1 aliphatic heterocycles. The van der Waals surface area contributed by atoms with Crippen molar-refractivity contribution in [2.75, 3.05) is 11.4 Å². The van der Waals surface area contributed by atoms with E-state index in [1.807, 2.05) is 31.2 Å². The van der Waals surface area contributed by atoms with Gasteiger partial charge in [-0.15, -0.1) is 0 Å². The first kappa shape index (κ1) is 13.5. The van der Waals surface area contributed by atoms with E-state index < -0.39 is 6.03 Å². The molecular formula is C15H15N3O3. The molecule has 6 heteroatoms. The first-order valence-corrected chi connectivity index (χ1v) is 6.71. The van der Waals surface area contributed by atoms with Crippen LogP contribution in [0.1, 0.15) is 17.7 Å². The van der Waals surface area contributed by atoms with Gasteiger partial charge in [0.05, 0.1) is 23.5 Å². The first-order valence-electron chi connectivity index (χ1n) is 6.71. The maximum atomic E-state index is 11.9. The highest BCUT2D eigenvalue weighted by Gasteiger charge is 2.25. The van der Waals surface area contributed by atoms with Crippen molar-refractivity contribution in [1.82, 2.24) is 10.3 Å². The third-order valence-electron chi connectivity index (χ3n) is 3.57. The fourth-order valence-electron chi connectivity index (χ4n) is 2.46. The van der Waals surface area contributed by atoms with E-state index in [0.717, 1.165) is 16.5 Å². The third kappa shape index (κ3) is 2.45. The number of rotatable bonds is 2. The van der Waals surface area contributed by atoms with Gasteiger partial charge in [0.15, 0.2) is 0 Å². The molecule has 1 aromatic heterocycles. The number of hydrogen-bond donors (Lipinski definition) is 2. The number of aliphatic hydroxyl groups is 1. The molecule has 3 amide bonds. The topological polar surface area (TPSA) is 82.5 Å². The number of aromatic nitrogens is 1. The average molecular weight is 285 g/mol. The second kappa shape index (κ2) is 5.14. The number of pyridine rings is 1. The van der Waals surface area contributed by atoms with Gasteiger partial charge >= 0.3 is 6.03 Å². The summed E-state index contributed by atoms with van der Waals surface area (Å²) in [5.74, 6) is -0.254. The van der Waals surface area contributed by atoms with E-state index >= 15 is 0 Å². The molecule has 1 fully saturated rings. The summed E-state index contributed by atoms with van der Waals surface area (Å²) in [6.07, 6.45) is 0.284. The van der Waals surface area contributed by atoms with Gasteiger partial charge in [-0.1, -0.05) is 12.1 Å². The Kier molecular flexibility index (Phi) is 3.31.